The van der Waals surface area contributed by atoms with Crippen LogP contribution in [0.25, 0.3) is 0 Å². The molecule has 18 heavy (non-hydrogen) atoms. The number of benzene rings is 1. The first-order valence-electron chi connectivity index (χ1n) is 5.94. The topological polar surface area (TPSA) is 46.2 Å². The van der Waals surface area contributed by atoms with Gasteiger partial charge in [0.15, 0.2) is 0 Å². The van der Waals surface area contributed by atoms with Crippen molar-refractivity contribution in [2.24, 2.45) is 0 Å². The van der Waals surface area contributed by atoms with Crippen LogP contribution < -0.4 is 4.65 Å². The average molecular weight is 254 g/mol. The van der Waals surface area contributed by atoms with Gasteiger partial charge in [0.2, 0.25) is 0 Å². The van der Waals surface area contributed by atoms with Gasteiger partial charge in [0.25, 0.3) is 0 Å². The second kappa shape index (κ2) is 8.10. The average Bonchev–Trinajstić information content (AvgIpc) is 2.33. The molecule has 0 saturated heterocycles. The Labute approximate surface area is 108 Å². The molecule has 0 aliphatic rings. The predicted molar refractivity (Wildman–Crippen MR) is 67.4 cm³/mol. The summed E-state index contributed by atoms with van der Waals surface area (Å²) < 4.78 is 5.42. The maximum Gasteiger partial charge on any atom is 0.770 e. The van der Waals surface area contributed by atoms with Gasteiger partial charge in [0.1, 0.15) is 5.75 Å². The first-order valence-corrected chi connectivity index (χ1v) is 5.94. The molecule has 0 aromatic heterocycles. The van der Waals surface area contributed by atoms with Gasteiger partial charge in [-0.05, 0) is 39.8 Å². The fourth-order valence-electron chi connectivity index (χ4n) is 0.978. The summed E-state index contributed by atoms with van der Waals surface area (Å²) in [5.41, 5.74) is 0. The van der Waals surface area contributed by atoms with Gasteiger partial charge in [-0.1, -0.05) is 18.2 Å². The van der Waals surface area contributed by atoms with E-state index in [1.54, 1.807) is 12.1 Å². The Hall–Kier alpha value is -1.08. The van der Waals surface area contributed by atoms with Crippen LogP contribution in [0.1, 0.15) is 27.7 Å². The summed E-state index contributed by atoms with van der Waals surface area (Å²) >= 11 is 0. The maximum atomic E-state index is 5.42. The van der Waals surface area contributed by atoms with Crippen LogP contribution in [0.5, 0.6) is 5.75 Å². The van der Waals surface area contributed by atoms with Gasteiger partial charge in [0, 0.05) is 0 Å². The molecule has 0 aliphatic carbocycles. The Balaban J connectivity index is 2.48. The van der Waals surface area contributed by atoms with Gasteiger partial charge in [-0.15, -0.1) is 0 Å². The SMILES string of the molecule is CC(C)OOB(OOC(C)C)Oc1ccccc1. The van der Waals surface area contributed by atoms with Gasteiger partial charge < -0.3 is 4.65 Å². The summed E-state index contributed by atoms with van der Waals surface area (Å²) in [5.74, 6) is 0.599. The molecule has 0 aliphatic heterocycles. The standard InChI is InChI=1S/C12H19BO5/c1-10(2)15-17-13(18-16-11(3)4)14-12-8-6-5-7-9-12/h5-11H,1-4H3. The summed E-state index contributed by atoms with van der Waals surface area (Å²) in [6, 6.07) is 9.14. The molecule has 0 saturated carbocycles. The minimum Gasteiger partial charge on any atom is -0.509 e. The largest absolute Gasteiger partial charge is 0.770 e. The summed E-state index contributed by atoms with van der Waals surface area (Å²) in [6.07, 6.45) is -0.205. The number of rotatable bonds is 8. The van der Waals surface area contributed by atoms with E-state index in [-0.39, 0.29) is 12.2 Å². The lowest BCUT2D eigenvalue weighted by molar-refractivity contribution is -0.318. The van der Waals surface area contributed by atoms with Crippen LogP contribution in [-0.4, -0.2) is 19.5 Å². The molecule has 6 heteroatoms. The Morgan fingerprint density at radius 3 is 1.78 bits per heavy atom. The summed E-state index contributed by atoms with van der Waals surface area (Å²) in [5, 5.41) is 0. The third kappa shape index (κ3) is 6.61. The Bertz CT molecular complexity index is 306. The van der Waals surface area contributed by atoms with Crippen molar-refractivity contribution in [2.75, 3.05) is 0 Å². The molecule has 0 fully saturated rings. The third-order valence-corrected chi connectivity index (χ3v) is 1.63. The second-order valence-corrected chi connectivity index (χ2v) is 4.20. The van der Waals surface area contributed by atoms with Crippen LogP contribution in [0.15, 0.2) is 30.3 Å². The van der Waals surface area contributed by atoms with Crippen LogP contribution in [0, 0.1) is 0 Å². The first kappa shape index (κ1) is 15.0. The second-order valence-electron chi connectivity index (χ2n) is 4.20. The van der Waals surface area contributed by atoms with Crippen molar-refractivity contribution in [1.29, 1.82) is 0 Å². The van der Waals surface area contributed by atoms with E-state index in [1.165, 1.54) is 0 Å². The Morgan fingerprint density at radius 2 is 1.33 bits per heavy atom. The minimum atomic E-state index is -1.07. The van der Waals surface area contributed by atoms with Gasteiger partial charge in [-0.2, -0.15) is 0 Å². The Kier molecular flexibility index (Phi) is 6.74. The lowest BCUT2D eigenvalue weighted by Gasteiger charge is -2.15. The molecule has 0 radical (unpaired) electrons. The molecule has 0 spiro atoms. The highest BCUT2D eigenvalue weighted by atomic mass is 17.3. The fourth-order valence-corrected chi connectivity index (χ4v) is 0.978. The molecule has 0 bridgehead atoms. The van der Waals surface area contributed by atoms with Crippen molar-refractivity contribution in [2.45, 2.75) is 39.9 Å². The zero-order valence-corrected chi connectivity index (χ0v) is 11.2. The van der Waals surface area contributed by atoms with Gasteiger partial charge in [0.05, 0.1) is 12.2 Å². The highest BCUT2D eigenvalue weighted by Gasteiger charge is 2.29. The minimum absolute atomic E-state index is 0.102. The molecule has 0 heterocycles. The van der Waals surface area contributed by atoms with Crippen molar-refractivity contribution in [1.82, 2.24) is 0 Å². The van der Waals surface area contributed by atoms with Crippen molar-refractivity contribution in [3.05, 3.63) is 30.3 Å². The molecule has 1 aromatic rings. The van der Waals surface area contributed by atoms with Crippen LogP contribution in [-0.2, 0) is 19.4 Å². The lowest BCUT2D eigenvalue weighted by Crippen LogP contribution is -2.32. The van der Waals surface area contributed by atoms with Crippen molar-refractivity contribution in [3.8, 4) is 5.75 Å². The van der Waals surface area contributed by atoms with Crippen LogP contribution in [0.2, 0.25) is 0 Å². The maximum absolute atomic E-state index is 5.42. The van der Waals surface area contributed by atoms with Gasteiger partial charge >= 0.3 is 7.32 Å². The van der Waals surface area contributed by atoms with Crippen LogP contribution in [0.3, 0.4) is 0 Å². The van der Waals surface area contributed by atoms with E-state index in [0.717, 1.165) is 0 Å². The van der Waals surface area contributed by atoms with E-state index in [2.05, 4.69) is 0 Å². The van der Waals surface area contributed by atoms with Gasteiger partial charge in [-0.3, -0.25) is 0 Å². The molecule has 1 rings (SSSR count). The molecule has 1 aromatic carbocycles. The highest BCUT2D eigenvalue weighted by Crippen LogP contribution is 2.11. The summed E-state index contributed by atoms with van der Waals surface area (Å²) in [4.78, 5) is 19.9. The zero-order chi connectivity index (χ0) is 13.4. The lowest BCUT2D eigenvalue weighted by atomic mass is 10.2. The number of para-hydroxylation sites is 1. The van der Waals surface area contributed by atoms with E-state index in [9.17, 15) is 0 Å². The highest BCUT2D eigenvalue weighted by molar-refractivity contribution is 6.36. The summed E-state index contributed by atoms with van der Waals surface area (Å²) in [7, 11) is -1.07. The molecule has 0 unspecified atom stereocenters. The molecule has 5 nitrogen and oxygen atoms in total. The molecule has 0 amide bonds. The molecular weight excluding hydrogens is 235 g/mol. The first-order chi connectivity index (χ1) is 8.58. The number of hydrogen-bond acceptors (Lipinski definition) is 5. The van der Waals surface area contributed by atoms with E-state index in [0.29, 0.717) is 5.75 Å². The van der Waals surface area contributed by atoms with E-state index >= 15 is 0 Å². The summed E-state index contributed by atoms with van der Waals surface area (Å²) in [6.45, 7) is 7.34. The van der Waals surface area contributed by atoms with Crippen LogP contribution in [0.4, 0.5) is 0 Å². The van der Waals surface area contributed by atoms with Crippen molar-refractivity contribution < 1.29 is 24.0 Å². The zero-order valence-electron chi connectivity index (χ0n) is 11.2. The molecular formula is C12H19BO5. The van der Waals surface area contributed by atoms with Gasteiger partial charge in [-0.25, -0.2) is 19.4 Å². The molecule has 0 atom stereocenters. The van der Waals surface area contributed by atoms with Crippen LogP contribution >= 0.6 is 0 Å². The molecule has 0 N–H and O–H groups in total. The van der Waals surface area contributed by atoms with E-state index in [1.807, 2.05) is 45.9 Å². The quantitative estimate of drug-likeness (QED) is 0.405. The normalized spacial score (nSPS) is 11.0. The van der Waals surface area contributed by atoms with Crippen molar-refractivity contribution in [3.63, 3.8) is 0 Å². The third-order valence-electron chi connectivity index (χ3n) is 1.63. The Morgan fingerprint density at radius 1 is 0.833 bits per heavy atom. The fraction of sp³-hybridized carbons (Fsp3) is 0.500. The molecule has 100 valence electrons. The smallest absolute Gasteiger partial charge is 0.509 e. The number of hydrogen-bond donors (Lipinski definition) is 0. The monoisotopic (exact) mass is 254 g/mol. The van der Waals surface area contributed by atoms with E-state index in [4.69, 9.17) is 24.0 Å². The predicted octanol–water partition coefficient (Wildman–Crippen LogP) is 2.76. The van der Waals surface area contributed by atoms with Crippen molar-refractivity contribution >= 4 is 7.32 Å². The van der Waals surface area contributed by atoms with E-state index < -0.39 is 7.32 Å².